The Balaban J connectivity index is 1.47. The van der Waals surface area contributed by atoms with Crippen LogP contribution in [0.1, 0.15) is 50.6 Å². The zero-order valence-electron chi connectivity index (χ0n) is 22.0. The molecular weight excluding hydrogens is 543 g/mol. The van der Waals surface area contributed by atoms with Gasteiger partial charge in [0.15, 0.2) is 5.60 Å². The van der Waals surface area contributed by atoms with Crippen LogP contribution in [0.5, 0.6) is 5.75 Å². The Bertz CT molecular complexity index is 1540. The highest BCUT2D eigenvalue weighted by atomic mass is 35.5. The molecule has 7 nitrogen and oxygen atoms in total. The van der Waals surface area contributed by atoms with Crippen LogP contribution in [-0.4, -0.2) is 42.9 Å². The molecule has 1 saturated heterocycles. The first-order chi connectivity index (χ1) is 17.9. The number of halogens is 2. The van der Waals surface area contributed by atoms with E-state index < -0.39 is 21.3 Å². The molecule has 0 bridgehead atoms. The minimum Gasteiger partial charge on any atom is -0.480 e. The third-order valence-corrected chi connectivity index (χ3v) is 9.28. The van der Waals surface area contributed by atoms with E-state index in [-0.39, 0.29) is 5.56 Å². The highest BCUT2D eigenvalue weighted by Crippen LogP contribution is 2.43. The molecule has 1 aromatic heterocycles. The van der Waals surface area contributed by atoms with Crippen LogP contribution in [0.25, 0.3) is 5.69 Å². The monoisotopic (exact) mass is 572 g/mol. The largest absolute Gasteiger partial charge is 0.480 e. The molecule has 3 heterocycles. The van der Waals surface area contributed by atoms with Gasteiger partial charge in [0, 0.05) is 31.5 Å². The van der Waals surface area contributed by atoms with Gasteiger partial charge in [-0.15, -0.1) is 0 Å². The zero-order valence-corrected chi connectivity index (χ0v) is 24.4. The van der Waals surface area contributed by atoms with Crippen LogP contribution in [0.15, 0.2) is 51.7 Å². The van der Waals surface area contributed by atoms with E-state index in [1.54, 1.807) is 32.0 Å². The van der Waals surface area contributed by atoms with Crippen molar-refractivity contribution in [1.29, 1.82) is 0 Å². The van der Waals surface area contributed by atoms with Crippen molar-refractivity contribution in [2.75, 3.05) is 18.0 Å². The van der Waals surface area contributed by atoms with Crippen molar-refractivity contribution in [3.8, 4) is 11.4 Å². The van der Waals surface area contributed by atoms with E-state index in [0.717, 1.165) is 17.0 Å². The second-order valence-electron chi connectivity index (χ2n) is 10.7. The van der Waals surface area contributed by atoms with Crippen LogP contribution >= 0.6 is 23.2 Å². The van der Waals surface area contributed by atoms with Crippen molar-refractivity contribution in [1.82, 2.24) is 9.55 Å². The number of nitrogens with zero attached hydrogens (tertiary/aromatic N) is 4. The molecule has 1 fully saturated rings. The van der Waals surface area contributed by atoms with Gasteiger partial charge in [-0.2, -0.15) is 4.40 Å². The number of ether oxygens (including phenoxy) is 1. The Labute approximate surface area is 235 Å². The molecule has 200 valence electrons. The highest BCUT2D eigenvalue weighted by molar-refractivity contribution is 7.85. The molecule has 1 atom stereocenters. The van der Waals surface area contributed by atoms with E-state index in [4.69, 9.17) is 37.3 Å². The van der Waals surface area contributed by atoms with Crippen molar-refractivity contribution >= 4 is 45.7 Å². The summed E-state index contributed by atoms with van der Waals surface area (Å²) in [5.74, 6) is 1.92. The lowest BCUT2D eigenvalue weighted by atomic mass is 9.85. The predicted molar refractivity (Wildman–Crippen MR) is 155 cm³/mol. The molecule has 2 aromatic carbocycles. The van der Waals surface area contributed by atoms with Crippen molar-refractivity contribution in [3.05, 3.63) is 79.8 Å². The van der Waals surface area contributed by atoms with Gasteiger partial charge in [0.25, 0.3) is 5.56 Å². The molecule has 10 heteroatoms. The van der Waals surface area contributed by atoms with Gasteiger partial charge in [-0.1, -0.05) is 41.4 Å². The summed E-state index contributed by atoms with van der Waals surface area (Å²) in [5.41, 5.74) is 1.81. The second-order valence-corrected chi connectivity index (χ2v) is 13.4. The molecule has 0 N–H and O–H groups in total. The number of aromatic nitrogens is 2. The average molecular weight is 574 g/mol. The number of fused-ring (bicyclic) bond motifs is 1. The number of benzene rings is 2. The molecule has 2 aliphatic heterocycles. The highest BCUT2D eigenvalue weighted by Gasteiger charge is 2.48. The minimum absolute atomic E-state index is 0.190. The third kappa shape index (κ3) is 4.56. The van der Waals surface area contributed by atoms with Crippen molar-refractivity contribution in [2.45, 2.75) is 57.8 Å². The quantitative estimate of drug-likeness (QED) is 0.394. The fraction of sp³-hybridized carbons (Fsp3) is 0.393. The first-order valence-corrected chi connectivity index (χ1v) is 14.4. The minimum atomic E-state index is -1.42. The third-order valence-electron chi connectivity index (χ3n) is 7.07. The van der Waals surface area contributed by atoms with Crippen molar-refractivity contribution < 1.29 is 8.95 Å². The number of para-hydroxylation sites is 1. The Hall–Kier alpha value is -2.68. The molecule has 38 heavy (non-hydrogen) atoms. The van der Waals surface area contributed by atoms with Crippen LogP contribution in [0, 0.1) is 13.8 Å². The van der Waals surface area contributed by atoms with Crippen LogP contribution in [0.4, 0.5) is 5.82 Å². The van der Waals surface area contributed by atoms with E-state index >= 15 is 0 Å². The van der Waals surface area contributed by atoms with E-state index in [1.807, 2.05) is 45.0 Å². The molecular formula is C28H30Cl2N4O3S. The number of rotatable bonds is 3. The van der Waals surface area contributed by atoms with Crippen LogP contribution < -0.4 is 15.2 Å². The first kappa shape index (κ1) is 26.9. The molecule has 0 saturated carbocycles. The van der Waals surface area contributed by atoms with E-state index in [0.29, 0.717) is 58.9 Å². The van der Waals surface area contributed by atoms with Gasteiger partial charge in [-0.25, -0.2) is 9.19 Å². The maximum Gasteiger partial charge on any atom is 0.263 e. The Morgan fingerprint density at radius 1 is 1.05 bits per heavy atom. The number of anilines is 1. The molecule has 0 aliphatic carbocycles. The molecule has 0 radical (unpaired) electrons. The summed E-state index contributed by atoms with van der Waals surface area (Å²) in [6.45, 7) is 10.5. The smallest absolute Gasteiger partial charge is 0.263 e. The lowest BCUT2D eigenvalue weighted by molar-refractivity contribution is 0.124. The van der Waals surface area contributed by atoms with Gasteiger partial charge >= 0.3 is 0 Å². The fourth-order valence-corrected chi connectivity index (χ4v) is 6.06. The second kappa shape index (κ2) is 9.81. The number of aryl methyl sites for hydroxylation is 1. The molecule has 0 amide bonds. The van der Waals surface area contributed by atoms with Gasteiger partial charge < -0.3 is 9.64 Å². The molecule has 2 aliphatic rings. The zero-order chi connectivity index (χ0) is 27.4. The summed E-state index contributed by atoms with van der Waals surface area (Å²) >= 11 is 12.6. The van der Waals surface area contributed by atoms with Gasteiger partial charge in [0.05, 0.1) is 26.0 Å². The lowest BCUT2D eigenvalue weighted by Crippen LogP contribution is -2.51. The summed E-state index contributed by atoms with van der Waals surface area (Å²) in [7, 11) is -1.42. The summed E-state index contributed by atoms with van der Waals surface area (Å²) < 4.78 is 25.3. The maximum absolute atomic E-state index is 13.5. The van der Waals surface area contributed by atoms with Crippen molar-refractivity contribution in [2.24, 2.45) is 4.40 Å². The summed E-state index contributed by atoms with van der Waals surface area (Å²) in [5, 5.41) is 0.687. The molecule has 1 spiro atoms. The van der Waals surface area contributed by atoms with Crippen molar-refractivity contribution in [3.63, 3.8) is 0 Å². The Morgan fingerprint density at radius 3 is 2.42 bits per heavy atom. The van der Waals surface area contributed by atoms with Gasteiger partial charge in [-0.3, -0.25) is 9.36 Å². The topological polar surface area (TPSA) is 76.8 Å². The van der Waals surface area contributed by atoms with E-state index in [9.17, 15) is 9.00 Å². The van der Waals surface area contributed by atoms with Crippen LogP contribution in [-0.2, 0) is 11.0 Å². The van der Waals surface area contributed by atoms with E-state index in [2.05, 4.69) is 4.90 Å². The Kier molecular flexibility index (Phi) is 6.95. The maximum atomic E-state index is 13.5. The van der Waals surface area contributed by atoms with Gasteiger partial charge in [0.1, 0.15) is 34.1 Å². The number of hydrogen-bond donors (Lipinski definition) is 0. The molecule has 5 rings (SSSR count). The standard InChI is InChI=1S/C28H30Cl2N4O3S/c1-17-25(31-18(2)34(26(17)35)21-11-8-10-20(29)23(21)30)33-15-13-28(14-16-33)24(32-38(36)27(3,4)5)19-9-6-7-12-22(19)37-28/h6-12H,13-16H2,1-5H3/t38-/m1/s1. The summed E-state index contributed by atoms with van der Waals surface area (Å²) in [6, 6.07) is 13.0. The fourth-order valence-electron chi connectivity index (χ4n) is 4.98. The first-order valence-electron chi connectivity index (χ1n) is 12.5. The van der Waals surface area contributed by atoms with Crippen LogP contribution in [0.2, 0.25) is 10.0 Å². The van der Waals surface area contributed by atoms with E-state index in [1.165, 1.54) is 4.57 Å². The van der Waals surface area contributed by atoms with Gasteiger partial charge in [-0.05, 0) is 58.9 Å². The number of hydrogen-bond acceptors (Lipinski definition) is 5. The van der Waals surface area contributed by atoms with Crippen LogP contribution in [0.3, 0.4) is 0 Å². The predicted octanol–water partition coefficient (Wildman–Crippen LogP) is 5.84. The molecule has 3 aromatic rings. The Morgan fingerprint density at radius 2 is 1.74 bits per heavy atom. The SMILES string of the molecule is Cc1c(N2CCC3(CC2)Oc2ccccc2C3=N[S@](=O)C(C)(C)C)nc(C)n(-c2cccc(Cl)c2Cl)c1=O. The lowest BCUT2D eigenvalue weighted by Gasteiger charge is -2.40. The summed E-state index contributed by atoms with van der Waals surface area (Å²) in [4.78, 5) is 20.4. The number of piperidine rings is 1. The summed E-state index contributed by atoms with van der Waals surface area (Å²) in [6.07, 6.45) is 1.23. The normalized spacial score (nSPS) is 18.5. The van der Waals surface area contributed by atoms with Gasteiger partial charge in [0.2, 0.25) is 0 Å². The molecule has 0 unspecified atom stereocenters. The average Bonchev–Trinajstić information content (AvgIpc) is 3.16.